The molecular formula is C7H7NS. The molecule has 1 aromatic rings. The van der Waals surface area contributed by atoms with E-state index >= 15 is 0 Å². The Morgan fingerprint density at radius 2 is 1.67 bits per heavy atom. The Kier molecular flexibility index (Phi) is 2.80. The molecular weight excluding hydrogens is 130 g/mol. The summed E-state index contributed by atoms with van der Waals surface area (Å²) in [6, 6.07) is 5.76. The summed E-state index contributed by atoms with van der Waals surface area (Å²) in [5.41, 5.74) is 0. The van der Waals surface area contributed by atoms with E-state index in [9.17, 15) is 0 Å². The van der Waals surface area contributed by atoms with Gasteiger partial charge in [0.2, 0.25) is 0 Å². The molecule has 0 saturated carbocycles. The summed E-state index contributed by atoms with van der Waals surface area (Å²) in [6.07, 6.45) is 3.52. The van der Waals surface area contributed by atoms with Gasteiger partial charge in [0.05, 0.1) is 0 Å². The van der Waals surface area contributed by atoms with Crippen molar-refractivity contribution in [2.45, 2.75) is 0 Å². The lowest BCUT2D eigenvalue weighted by molar-refractivity contribution is 1.36. The van der Waals surface area contributed by atoms with Crippen molar-refractivity contribution in [3.8, 4) is 0 Å². The Labute approximate surface area is 58.3 Å². The number of rotatable bonds is 0. The first-order valence-corrected chi connectivity index (χ1v) is 3.60. The van der Waals surface area contributed by atoms with Gasteiger partial charge in [-0.15, -0.1) is 0 Å². The van der Waals surface area contributed by atoms with Crippen LogP contribution >= 0.6 is 11.3 Å². The normalized spacial score (nSPS) is 8.00. The summed E-state index contributed by atoms with van der Waals surface area (Å²) in [4.78, 5) is 3.93. The number of nitrogens with zero attached hydrogens (tertiary/aromatic N) is 1. The molecule has 0 spiro atoms. The predicted molar refractivity (Wildman–Crippen MR) is 39.7 cm³/mol. The molecule has 0 radical (unpaired) electrons. The zero-order valence-electron chi connectivity index (χ0n) is 4.90. The summed E-state index contributed by atoms with van der Waals surface area (Å²) in [6.45, 7) is 0. The molecule has 2 heteroatoms. The topological polar surface area (TPSA) is 12.9 Å². The molecule has 0 aliphatic heterocycles. The molecule has 0 atom stereocenters. The minimum atomic E-state index is 1.64. The third-order valence-corrected chi connectivity index (χ3v) is 1.40. The van der Waals surface area contributed by atoms with Gasteiger partial charge >= 0.3 is 0 Å². The maximum Gasteiger partial charge on any atom is 0.0275 e. The van der Waals surface area contributed by atoms with Gasteiger partial charge in [-0.1, -0.05) is 6.07 Å². The average molecular weight is 137 g/mol. The van der Waals surface area contributed by atoms with Crippen LogP contribution in [0.4, 0.5) is 0 Å². The molecule has 9 heavy (non-hydrogen) atoms. The Balaban J connectivity index is 3.04. The van der Waals surface area contributed by atoms with Crippen molar-refractivity contribution in [1.82, 2.24) is 4.98 Å². The molecule has 1 rings (SSSR count). The molecule has 1 heterocycles. The van der Waals surface area contributed by atoms with Crippen LogP contribution in [0.2, 0.25) is 0 Å². The van der Waals surface area contributed by atoms with Gasteiger partial charge in [0, 0.05) is 12.4 Å². The summed E-state index contributed by atoms with van der Waals surface area (Å²) in [5, 5.41) is 3.98. The molecule has 1 aromatic heterocycles. The van der Waals surface area contributed by atoms with Crippen molar-refractivity contribution in [3.05, 3.63) is 41.4 Å². The second kappa shape index (κ2) is 4.04. The van der Waals surface area contributed by atoms with E-state index in [0.29, 0.717) is 0 Å². The molecule has 0 aliphatic carbocycles. The Bertz CT molecular complexity index is 131. The lowest BCUT2D eigenvalue weighted by Crippen LogP contribution is -1.51. The first-order chi connectivity index (χ1) is 4.50. The SMILES string of the molecule is c1ccscccnc1. The second-order valence-electron chi connectivity index (χ2n) is 1.43. The van der Waals surface area contributed by atoms with Crippen molar-refractivity contribution in [1.29, 1.82) is 0 Å². The highest BCUT2D eigenvalue weighted by Gasteiger charge is 1.59. The van der Waals surface area contributed by atoms with Crippen LogP contribution in [0, 0.1) is 0 Å². The zero-order chi connectivity index (χ0) is 6.36. The highest BCUT2D eigenvalue weighted by Crippen LogP contribution is 1.86. The maximum absolute atomic E-state index is 3.93. The van der Waals surface area contributed by atoms with E-state index in [4.69, 9.17) is 0 Å². The first kappa shape index (κ1) is 6.23. The smallest absolute Gasteiger partial charge is 0.0275 e. The molecule has 46 valence electrons. The van der Waals surface area contributed by atoms with Crippen LogP contribution in [-0.2, 0) is 0 Å². The van der Waals surface area contributed by atoms with Gasteiger partial charge in [-0.2, -0.15) is 11.3 Å². The van der Waals surface area contributed by atoms with E-state index in [0.717, 1.165) is 0 Å². The third-order valence-electron chi connectivity index (χ3n) is 0.770. The third kappa shape index (κ3) is 2.82. The molecule has 0 aliphatic rings. The summed E-state index contributed by atoms with van der Waals surface area (Å²) < 4.78 is 0. The first-order valence-electron chi connectivity index (χ1n) is 2.65. The Morgan fingerprint density at radius 1 is 0.889 bits per heavy atom. The van der Waals surface area contributed by atoms with Gasteiger partial charge in [0.1, 0.15) is 0 Å². The number of hydrogen-bond acceptors (Lipinski definition) is 2. The molecule has 0 aromatic carbocycles. The highest BCUT2D eigenvalue weighted by atomic mass is 32.1. The monoisotopic (exact) mass is 137 g/mol. The van der Waals surface area contributed by atoms with Gasteiger partial charge in [0.25, 0.3) is 0 Å². The van der Waals surface area contributed by atoms with Crippen LogP contribution in [0.5, 0.6) is 0 Å². The van der Waals surface area contributed by atoms with Crippen LogP contribution in [0.1, 0.15) is 0 Å². The molecule has 1 nitrogen and oxygen atoms in total. The largest absolute Gasteiger partial charge is 0.265 e. The molecule has 0 saturated heterocycles. The van der Waals surface area contributed by atoms with Gasteiger partial charge in [0.15, 0.2) is 0 Å². The second-order valence-corrected chi connectivity index (χ2v) is 2.25. The van der Waals surface area contributed by atoms with Crippen LogP contribution < -0.4 is 0 Å². The lowest BCUT2D eigenvalue weighted by Gasteiger charge is -1.60. The van der Waals surface area contributed by atoms with E-state index < -0.39 is 0 Å². The van der Waals surface area contributed by atoms with E-state index in [1.165, 1.54) is 0 Å². The summed E-state index contributed by atoms with van der Waals surface area (Å²) in [7, 11) is 0. The average Bonchev–Trinajstić information content (AvgIpc) is 2.00. The fourth-order valence-corrected chi connectivity index (χ4v) is 0.849. The Morgan fingerprint density at radius 3 is 2.67 bits per heavy atom. The van der Waals surface area contributed by atoms with Crippen molar-refractivity contribution < 1.29 is 0 Å². The van der Waals surface area contributed by atoms with Gasteiger partial charge in [-0.3, -0.25) is 4.98 Å². The fourth-order valence-electron chi connectivity index (χ4n) is 0.415. The summed E-state index contributed by atoms with van der Waals surface area (Å²) >= 11 is 1.64. The van der Waals surface area contributed by atoms with Crippen LogP contribution in [0.3, 0.4) is 0 Å². The molecule has 0 unspecified atom stereocenters. The number of aromatic nitrogens is 1. The molecule has 0 fully saturated rings. The summed E-state index contributed by atoms with van der Waals surface area (Å²) in [5.74, 6) is 0. The van der Waals surface area contributed by atoms with Crippen LogP contribution in [0.25, 0.3) is 0 Å². The predicted octanol–water partition coefficient (Wildman–Crippen LogP) is 2.27. The van der Waals surface area contributed by atoms with Gasteiger partial charge in [-0.25, -0.2) is 0 Å². The van der Waals surface area contributed by atoms with Crippen molar-refractivity contribution in [2.75, 3.05) is 0 Å². The molecule has 0 N–H and O–H groups in total. The van der Waals surface area contributed by atoms with Crippen LogP contribution in [0.15, 0.2) is 41.4 Å². The van der Waals surface area contributed by atoms with E-state index in [2.05, 4.69) is 4.98 Å². The van der Waals surface area contributed by atoms with Crippen molar-refractivity contribution in [3.63, 3.8) is 0 Å². The zero-order valence-corrected chi connectivity index (χ0v) is 5.71. The minimum absolute atomic E-state index is 1.64. The Hall–Kier alpha value is -0.890. The molecule has 0 amide bonds. The van der Waals surface area contributed by atoms with Gasteiger partial charge < -0.3 is 0 Å². The maximum atomic E-state index is 3.93. The minimum Gasteiger partial charge on any atom is -0.265 e. The van der Waals surface area contributed by atoms with Crippen molar-refractivity contribution >= 4 is 11.3 Å². The fraction of sp³-hybridized carbons (Fsp3) is 0. The van der Waals surface area contributed by atoms with Gasteiger partial charge in [-0.05, 0) is 22.9 Å². The number of hydrogen-bond donors (Lipinski definition) is 0. The van der Waals surface area contributed by atoms with E-state index in [-0.39, 0.29) is 0 Å². The van der Waals surface area contributed by atoms with E-state index in [1.54, 1.807) is 23.7 Å². The highest BCUT2D eigenvalue weighted by molar-refractivity contribution is 7.07. The molecule has 0 bridgehead atoms. The van der Waals surface area contributed by atoms with Crippen molar-refractivity contribution in [2.24, 2.45) is 0 Å². The standard InChI is InChI=1S/C7H7NS/c1-2-6-9-7-3-5-8-4-1/h1-7H. The lowest BCUT2D eigenvalue weighted by atomic mass is 10.6. The van der Waals surface area contributed by atoms with Crippen LogP contribution in [-0.4, -0.2) is 4.98 Å². The van der Waals surface area contributed by atoms with E-state index in [1.807, 2.05) is 29.0 Å². The quantitative estimate of drug-likeness (QED) is 0.534.